The van der Waals surface area contributed by atoms with Gasteiger partial charge in [0, 0.05) is 26.2 Å². The highest BCUT2D eigenvalue weighted by Crippen LogP contribution is 2.15. The number of nitrogens with zero attached hydrogens (tertiary/aromatic N) is 2. The van der Waals surface area contributed by atoms with E-state index in [1.807, 2.05) is 0 Å². The molecule has 0 radical (unpaired) electrons. The maximum Gasteiger partial charge on any atom is 0.191 e. The number of hydrogen-bond donors (Lipinski definition) is 2. The Morgan fingerprint density at radius 2 is 2.43 bits per heavy atom. The lowest BCUT2D eigenvalue weighted by molar-refractivity contribution is 0.160. The molecule has 0 spiro atoms. The number of likely N-dealkylation sites (tertiary alicyclic amines) is 1. The summed E-state index contributed by atoms with van der Waals surface area (Å²) in [6, 6.07) is 0. The zero-order valence-corrected chi connectivity index (χ0v) is 8.95. The van der Waals surface area contributed by atoms with Crippen molar-refractivity contribution in [3.05, 3.63) is 0 Å². The summed E-state index contributed by atoms with van der Waals surface area (Å²) in [4.78, 5) is 6.36. The molecule has 4 nitrogen and oxygen atoms in total. The van der Waals surface area contributed by atoms with Crippen molar-refractivity contribution in [1.29, 1.82) is 0 Å². The molecule has 0 aromatic carbocycles. The van der Waals surface area contributed by atoms with Gasteiger partial charge in [-0.3, -0.25) is 4.99 Å². The molecule has 0 aliphatic carbocycles. The van der Waals surface area contributed by atoms with Gasteiger partial charge >= 0.3 is 0 Å². The van der Waals surface area contributed by atoms with Crippen LogP contribution in [-0.4, -0.2) is 42.2 Å². The van der Waals surface area contributed by atoms with E-state index in [1.54, 1.807) is 0 Å². The van der Waals surface area contributed by atoms with E-state index in [0.29, 0.717) is 11.9 Å². The Bertz CT molecular complexity index is 194. The first-order chi connectivity index (χ1) is 6.77. The van der Waals surface area contributed by atoms with Crippen LogP contribution < -0.4 is 5.73 Å². The Kier molecular flexibility index (Phi) is 4.73. The highest BCUT2D eigenvalue weighted by Gasteiger charge is 2.19. The average molecular weight is 199 g/mol. The third-order valence-electron chi connectivity index (χ3n) is 2.60. The van der Waals surface area contributed by atoms with Crippen LogP contribution in [-0.2, 0) is 0 Å². The first-order valence-electron chi connectivity index (χ1n) is 5.43. The predicted molar refractivity (Wildman–Crippen MR) is 58.2 cm³/mol. The number of hydrogen-bond acceptors (Lipinski definition) is 2. The average Bonchev–Trinajstić information content (AvgIpc) is 2.26. The minimum atomic E-state index is 0.261. The summed E-state index contributed by atoms with van der Waals surface area (Å²) in [7, 11) is 0. The van der Waals surface area contributed by atoms with Gasteiger partial charge in [0.1, 0.15) is 0 Å². The molecule has 0 amide bonds. The van der Waals surface area contributed by atoms with Gasteiger partial charge in [0.25, 0.3) is 0 Å². The third-order valence-corrected chi connectivity index (χ3v) is 2.60. The molecular weight excluding hydrogens is 178 g/mol. The number of aliphatic imine (C=N–C) groups is 1. The predicted octanol–water partition coefficient (Wildman–Crippen LogP) is 0.415. The van der Waals surface area contributed by atoms with Gasteiger partial charge in [-0.15, -0.1) is 0 Å². The lowest BCUT2D eigenvalue weighted by Crippen LogP contribution is -2.44. The molecule has 4 heteroatoms. The molecule has 1 saturated heterocycles. The molecule has 1 heterocycles. The summed E-state index contributed by atoms with van der Waals surface area (Å²) in [6.07, 6.45) is 3.24. The third kappa shape index (κ3) is 3.18. The Balaban J connectivity index is 2.42. The van der Waals surface area contributed by atoms with E-state index in [4.69, 9.17) is 10.8 Å². The van der Waals surface area contributed by atoms with Gasteiger partial charge in [-0.1, -0.05) is 6.92 Å². The van der Waals surface area contributed by atoms with Crippen molar-refractivity contribution in [3.8, 4) is 0 Å². The van der Waals surface area contributed by atoms with Crippen LogP contribution in [0, 0.1) is 5.92 Å². The number of rotatable bonds is 3. The summed E-state index contributed by atoms with van der Waals surface area (Å²) in [5, 5.41) is 9.06. The van der Waals surface area contributed by atoms with Crippen molar-refractivity contribution < 1.29 is 5.11 Å². The molecule has 1 fully saturated rings. The van der Waals surface area contributed by atoms with Gasteiger partial charge in [0.05, 0.1) is 0 Å². The highest BCUT2D eigenvalue weighted by atomic mass is 16.3. The maximum atomic E-state index is 9.06. The Hall–Kier alpha value is -0.770. The monoisotopic (exact) mass is 199 g/mol. The van der Waals surface area contributed by atoms with Crippen molar-refractivity contribution in [3.63, 3.8) is 0 Å². The zero-order valence-electron chi connectivity index (χ0n) is 8.95. The SMILES string of the molecule is CCCN=C(N)N1CCCC(CO)C1. The Labute approximate surface area is 85.8 Å². The van der Waals surface area contributed by atoms with Gasteiger partial charge in [-0.25, -0.2) is 0 Å². The van der Waals surface area contributed by atoms with E-state index in [1.165, 1.54) is 0 Å². The van der Waals surface area contributed by atoms with Crippen LogP contribution in [0.1, 0.15) is 26.2 Å². The summed E-state index contributed by atoms with van der Waals surface area (Å²) >= 11 is 0. The lowest BCUT2D eigenvalue weighted by atomic mass is 9.99. The molecule has 1 unspecified atom stereocenters. The van der Waals surface area contributed by atoms with Gasteiger partial charge in [-0.2, -0.15) is 0 Å². The minimum absolute atomic E-state index is 0.261. The number of nitrogens with two attached hydrogens (primary N) is 1. The van der Waals surface area contributed by atoms with Crippen LogP contribution in [0.4, 0.5) is 0 Å². The molecule has 14 heavy (non-hydrogen) atoms. The van der Waals surface area contributed by atoms with Crippen LogP contribution in [0.25, 0.3) is 0 Å². The van der Waals surface area contributed by atoms with Crippen molar-refractivity contribution in [1.82, 2.24) is 4.90 Å². The second kappa shape index (κ2) is 5.86. The second-order valence-corrected chi connectivity index (χ2v) is 3.88. The Morgan fingerprint density at radius 1 is 1.64 bits per heavy atom. The Morgan fingerprint density at radius 3 is 3.07 bits per heavy atom. The molecular formula is C10H21N3O. The molecule has 1 atom stereocenters. The van der Waals surface area contributed by atoms with Crippen molar-refractivity contribution in [2.24, 2.45) is 16.6 Å². The standard InChI is InChI=1S/C10H21N3O/c1-2-5-12-10(11)13-6-3-4-9(7-13)8-14/h9,14H,2-8H2,1H3,(H2,11,12). The number of guanidine groups is 1. The highest BCUT2D eigenvalue weighted by molar-refractivity contribution is 5.78. The zero-order chi connectivity index (χ0) is 10.4. The number of aliphatic hydroxyl groups is 1. The van der Waals surface area contributed by atoms with E-state index in [-0.39, 0.29) is 6.61 Å². The smallest absolute Gasteiger partial charge is 0.191 e. The number of piperidine rings is 1. The summed E-state index contributed by atoms with van der Waals surface area (Å²) in [5.74, 6) is 1.02. The molecule has 0 aromatic rings. The first kappa shape index (κ1) is 11.3. The molecule has 1 rings (SSSR count). The molecule has 3 N–H and O–H groups in total. The molecule has 0 bridgehead atoms. The number of aliphatic hydroxyl groups excluding tert-OH is 1. The quantitative estimate of drug-likeness (QED) is 0.511. The van der Waals surface area contributed by atoms with E-state index in [0.717, 1.165) is 38.9 Å². The van der Waals surface area contributed by atoms with Crippen LogP contribution in [0.2, 0.25) is 0 Å². The van der Waals surface area contributed by atoms with Crippen LogP contribution in [0.3, 0.4) is 0 Å². The van der Waals surface area contributed by atoms with Crippen molar-refractivity contribution in [2.45, 2.75) is 26.2 Å². The van der Waals surface area contributed by atoms with Crippen molar-refractivity contribution in [2.75, 3.05) is 26.2 Å². The summed E-state index contributed by atoms with van der Waals surface area (Å²) in [5.41, 5.74) is 5.85. The normalized spacial score (nSPS) is 24.0. The summed E-state index contributed by atoms with van der Waals surface area (Å²) in [6.45, 7) is 4.98. The van der Waals surface area contributed by atoms with Gasteiger partial charge in [0.15, 0.2) is 5.96 Å². The van der Waals surface area contributed by atoms with Gasteiger partial charge in [-0.05, 0) is 25.2 Å². The van der Waals surface area contributed by atoms with E-state index >= 15 is 0 Å². The van der Waals surface area contributed by atoms with E-state index in [9.17, 15) is 0 Å². The topological polar surface area (TPSA) is 61.8 Å². The van der Waals surface area contributed by atoms with Crippen LogP contribution in [0.15, 0.2) is 4.99 Å². The van der Waals surface area contributed by atoms with Crippen LogP contribution >= 0.6 is 0 Å². The first-order valence-corrected chi connectivity index (χ1v) is 5.43. The summed E-state index contributed by atoms with van der Waals surface area (Å²) < 4.78 is 0. The van der Waals surface area contributed by atoms with E-state index in [2.05, 4.69) is 16.8 Å². The molecule has 1 aliphatic rings. The van der Waals surface area contributed by atoms with Gasteiger partial charge in [0.2, 0.25) is 0 Å². The molecule has 82 valence electrons. The second-order valence-electron chi connectivity index (χ2n) is 3.88. The molecule has 1 aliphatic heterocycles. The maximum absolute atomic E-state index is 9.06. The fraction of sp³-hybridized carbons (Fsp3) is 0.900. The lowest BCUT2D eigenvalue weighted by Gasteiger charge is -2.32. The van der Waals surface area contributed by atoms with E-state index < -0.39 is 0 Å². The van der Waals surface area contributed by atoms with Crippen molar-refractivity contribution >= 4 is 5.96 Å². The van der Waals surface area contributed by atoms with Gasteiger partial charge < -0.3 is 15.7 Å². The molecule has 0 aromatic heterocycles. The minimum Gasteiger partial charge on any atom is -0.396 e. The largest absolute Gasteiger partial charge is 0.396 e. The van der Waals surface area contributed by atoms with Crippen LogP contribution in [0.5, 0.6) is 0 Å². The fourth-order valence-corrected chi connectivity index (χ4v) is 1.75. The molecule has 0 saturated carbocycles. The fourth-order valence-electron chi connectivity index (χ4n) is 1.75.